The van der Waals surface area contributed by atoms with E-state index in [0.717, 1.165) is 16.5 Å². The van der Waals surface area contributed by atoms with Gasteiger partial charge < -0.3 is 10.3 Å². The first-order valence-corrected chi connectivity index (χ1v) is 5.53. The summed E-state index contributed by atoms with van der Waals surface area (Å²) in [5.74, 6) is 0.414. The van der Waals surface area contributed by atoms with Crippen LogP contribution in [0.25, 0.3) is 22.0 Å². The Balaban J connectivity index is 0.000000117. The monoisotopic (exact) mass is 254 g/mol. The van der Waals surface area contributed by atoms with E-state index < -0.39 is 0 Å². The average Bonchev–Trinajstić information content (AvgIpc) is 3.07. The SMILES string of the molecule is Nc1n[nH]c2cncnc12.c1ccc2oncc2c1. The van der Waals surface area contributed by atoms with E-state index in [4.69, 9.17) is 10.3 Å². The molecule has 7 heteroatoms. The van der Waals surface area contributed by atoms with Crippen LogP contribution in [0.1, 0.15) is 0 Å². The number of hydrogen-bond acceptors (Lipinski definition) is 6. The fourth-order valence-electron chi connectivity index (χ4n) is 1.60. The van der Waals surface area contributed by atoms with Crippen molar-refractivity contribution in [2.45, 2.75) is 0 Å². The summed E-state index contributed by atoms with van der Waals surface area (Å²) in [7, 11) is 0. The van der Waals surface area contributed by atoms with Crippen LogP contribution in [0.2, 0.25) is 0 Å². The van der Waals surface area contributed by atoms with E-state index in [2.05, 4.69) is 25.3 Å². The fraction of sp³-hybridized carbons (Fsp3) is 0. The van der Waals surface area contributed by atoms with Crippen molar-refractivity contribution in [3.05, 3.63) is 43.0 Å². The molecule has 7 nitrogen and oxygen atoms in total. The molecule has 0 aliphatic carbocycles. The molecule has 0 spiro atoms. The smallest absolute Gasteiger partial charge is 0.171 e. The van der Waals surface area contributed by atoms with Gasteiger partial charge in [0, 0.05) is 5.39 Å². The van der Waals surface area contributed by atoms with Crippen LogP contribution in [-0.4, -0.2) is 25.3 Å². The van der Waals surface area contributed by atoms with E-state index in [9.17, 15) is 0 Å². The van der Waals surface area contributed by atoms with Crippen molar-refractivity contribution in [1.29, 1.82) is 0 Å². The van der Waals surface area contributed by atoms with Gasteiger partial charge in [-0.15, -0.1) is 0 Å². The van der Waals surface area contributed by atoms with Gasteiger partial charge in [0.1, 0.15) is 17.4 Å². The first-order chi connectivity index (χ1) is 9.34. The van der Waals surface area contributed by atoms with Crippen molar-refractivity contribution >= 4 is 27.8 Å². The number of nitrogens with two attached hydrogens (primary N) is 1. The molecule has 4 aromatic rings. The summed E-state index contributed by atoms with van der Waals surface area (Å²) in [4.78, 5) is 7.70. The summed E-state index contributed by atoms with van der Waals surface area (Å²) in [5.41, 5.74) is 7.73. The molecule has 19 heavy (non-hydrogen) atoms. The van der Waals surface area contributed by atoms with Gasteiger partial charge in [-0.3, -0.25) is 5.10 Å². The maximum absolute atomic E-state index is 5.44. The molecule has 0 amide bonds. The molecule has 0 unspecified atom stereocenters. The number of aromatic nitrogens is 5. The van der Waals surface area contributed by atoms with Gasteiger partial charge in [0.15, 0.2) is 11.4 Å². The van der Waals surface area contributed by atoms with E-state index in [0.29, 0.717) is 11.3 Å². The lowest BCUT2D eigenvalue weighted by Crippen LogP contribution is -1.85. The molecule has 0 aliphatic rings. The third-order valence-corrected chi connectivity index (χ3v) is 2.51. The maximum atomic E-state index is 5.44. The largest absolute Gasteiger partial charge is 0.380 e. The molecule has 4 rings (SSSR count). The number of fused-ring (bicyclic) bond motifs is 2. The summed E-state index contributed by atoms with van der Waals surface area (Å²) in [5, 5.41) is 11.1. The summed E-state index contributed by atoms with van der Waals surface area (Å²) < 4.78 is 4.87. The van der Waals surface area contributed by atoms with Crippen LogP contribution in [-0.2, 0) is 0 Å². The molecule has 0 atom stereocenters. The molecule has 0 saturated heterocycles. The lowest BCUT2D eigenvalue weighted by molar-refractivity contribution is 0.456. The second-order valence-corrected chi connectivity index (χ2v) is 3.76. The second kappa shape index (κ2) is 4.73. The van der Waals surface area contributed by atoms with E-state index in [1.807, 2.05) is 24.3 Å². The summed E-state index contributed by atoms with van der Waals surface area (Å²) in [6.45, 7) is 0. The Morgan fingerprint density at radius 3 is 2.89 bits per heavy atom. The predicted molar refractivity (Wildman–Crippen MR) is 70.1 cm³/mol. The molecule has 0 aliphatic heterocycles. The van der Waals surface area contributed by atoms with Crippen LogP contribution in [0.3, 0.4) is 0 Å². The van der Waals surface area contributed by atoms with Gasteiger partial charge in [0.25, 0.3) is 0 Å². The van der Waals surface area contributed by atoms with Gasteiger partial charge in [0.05, 0.1) is 12.4 Å². The molecule has 1 aromatic carbocycles. The molecule has 0 bridgehead atoms. The van der Waals surface area contributed by atoms with Crippen molar-refractivity contribution in [3.63, 3.8) is 0 Å². The van der Waals surface area contributed by atoms with Gasteiger partial charge in [-0.1, -0.05) is 17.3 Å². The molecule has 3 N–H and O–H groups in total. The molecular weight excluding hydrogens is 244 g/mol. The van der Waals surface area contributed by atoms with Crippen LogP contribution in [0.4, 0.5) is 5.82 Å². The van der Waals surface area contributed by atoms with Crippen LogP contribution >= 0.6 is 0 Å². The van der Waals surface area contributed by atoms with Crippen molar-refractivity contribution < 1.29 is 4.52 Å². The summed E-state index contributed by atoms with van der Waals surface area (Å²) >= 11 is 0. The molecule has 0 saturated carbocycles. The normalized spacial score (nSPS) is 10.3. The maximum Gasteiger partial charge on any atom is 0.171 e. The van der Waals surface area contributed by atoms with Crippen LogP contribution in [0.15, 0.2) is 47.5 Å². The highest BCUT2D eigenvalue weighted by atomic mass is 16.5. The molecule has 3 heterocycles. The number of nitrogens with zero attached hydrogens (tertiary/aromatic N) is 4. The first-order valence-electron chi connectivity index (χ1n) is 5.53. The van der Waals surface area contributed by atoms with Gasteiger partial charge in [-0.2, -0.15) is 5.10 Å². The highest BCUT2D eigenvalue weighted by Gasteiger charge is 1.99. The van der Waals surface area contributed by atoms with Crippen LogP contribution < -0.4 is 5.73 Å². The number of anilines is 1. The number of benzene rings is 1. The Morgan fingerprint density at radius 2 is 2.05 bits per heavy atom. The zero-order valence-electron chi connectivity index (χ0n) is 9.82. The van der Waals surface area contributed by atoms with Gasteiger partial charge in [-0.05, 0) is 12.1 Å². The number of nitrogens with one attached hydrogen (secondary N) is 1. The Bertz CT molecular complexity index is 776. The van der Waals surface area contributed by atoms with Crippen molar-refractivity contribution in [3.8, 4) is 0 Å². The standard InChI is InChI=1S/C7H5NO.C5H5N5/c1-2-4-7-6(3-1)5-8-9-7;6-5-4-3(9-10-5)1-7-2-8-4/h1-5H;1-2H,(H3,6,9,10). The molecule has 94 valence electrons. The Labute approximate surface area is 107 Å². The van der Waals surface area contributed by atoms with E-state index in [1.165, 1.54) is 6.33 Å². The minimum absolute atomic E-state index is 0.414. The van der Waals surface area contributed by atoms with Gasteiger partial charge in [-0.25, -0.2) is 9.97 Å². The minimum Gasteiger partial charge on any atom is -0.380 e. The predicted octanol–water partition coefficient (Wildman–Crippen LogP) is 1.76. The number of H-pyrrole nitrogens is 1. The first kappa shape index (κ1) is 11.1. The number of nitrogen functional groups attached to an aromatic ring is 1. The molecule has 0 radical (unpaired) electrons. The third kappa shape index (κ3) is 2.21. The van der Waals surface area contributed by atoms with E-state index >= 15 is 0 Å². The lowest BCUT2D eigenvalue weighted by atomic mass is 10.3. The topological polar surface area (TPSA) is 107 Å². The summed E-state index contributed by atoms with van der Waals surface area (Å²) in [6, 6.07) is 7.74. The zero-order chi connectivity index (χ0) is 13.1. The van der Waals surface area contributed by atoms with Crippen molar-refractivity contribution in [2.75, 3.05) is 5.73 Å². The van der Waals surface area contributed by atoms with Crippen LogP contribution in [0, 0.1) is 0 Å². The Hall–Kier alpha value is -2.96. The molecule has 0 fully saturated rings. The average molecular weight is 254 g/mol. The van der Waals surface area contributed by atoms with E-state index in [1.54, 1.807) is 12.4 Å². The highest BCUT2D eigenvalue weighted by Crippen LogP contribution is 2.11. The summed E-state index contributed by atoms with van der Waals surface area (Å²) in [6.07, 6.45) is 4.77. The van der Waals surface area contributed by atoms with E-state index in [-0.39, 0.29) is 0 Å². The molecule has 3 aromatic heterocycles. The highest BCUT2D eigenvalue weighted by molar-refractivity contribution is 5.83. The number of hydrogen-bond donors (Lipinski definition) is 2. The fourth-order valence-corrected chi connectivity index (χ4v) is 1.60. The van der Waals surface area contributed by atoms with Crippen molar-refractivity contribution in [1.82, 2.24) is 25.3 Å². The number of para-hydroxylation sites is 1. The van der Waals surface area contributed by atoms with Gasteiger partial charge in [0.2, 0.25) is 0 Å². The lowest BCUT2D eigenvalue weighted by Gasteiger charge is -1.83. The Kier molecular flexibility index (Phi) is 2.77. The van der Waals surface area contributed by atoms with Gasteiger partial charge >= 0.3 is 0 Å². The van der Waals surface area contributed by atoms with Crippen molar-refractivity contribution in [2.24, 2.45) is 0 Å². The number of rotatable bonds is 0. The Morgan fingerprint density at radius 1 is 1.16 bits per heavy atom. The quantitative estimate of drug-likeness (QED) is 0.495. The zero-order valence-corrected chi connectivity index (χ0v) is 9.82. The molecular formula is C12H10N6O. The second-order valence-electron chi connectivity index (χ2n) is 3.76. The third-order valence-electron chi connectivity index (χ3n) is 2.51. The minimum atomic E-state index is 0.414. The number of aromatic amines is 1. The van der Waals surface area contributed by atoms with Crippen LogP contribution in [0.5, 0.6) is 0 Å².